The molecule has 2 aromatic carbocycles. The summed E-state index contributed by atoms with van der Waals surface area (Å²) in [6, 6.07) is 18.7. The van der Waals surface area contributed by atoms with Crippen LogP contribution in [0.2, 0.25) is 0 Å². The van der Waals surface area contributed by atoms with Crippen LogP contribution >= 0.6 is 0 Å². The Labute approximate surface area is 191 Å². The van der Waals surface area contributed by atoms with Gasteiger partial charge >= 0.3 is 0 Å². The zero-order chi connectivity index (χ0) is 23.4. The molecule has 0 unspecified atom stereocenters. The van der Waals surface area contributed by atoms with Crippen LogP contribution in [0, 0.1) is 0 Å². The van der Waals surface area contributed by atoms with Crippen molar-refractivity contribution < 1.29 is 14.3 Å². The van der Waals surface area contributed by atoms with Gasteiger partial charge in [0.15, 0.2) is 18.0 Å². The Kier molecular flexibility index (Phi) is 6.46. The smallest absolute Gasteiger partial charge is 0.264 e. The zero-order valence-corrected chi connectivity index (χ0v) is 18.8. The van der Waals surface area contributed by atoms with Crippen molar-refractivity contribution >= 4 is 23.3 Å². The van der Waals surface area contributed by atoms with Gasteiger partial charge in [-0.3, -0.25) is 14.9 Å². The fraction of sp³-hybridized carbons (Fsp3) is 0.200. The van der Waals surface area contributed by atoms with Crippen LogP contribution in [-0.4, -0.2) is 51.9 Å². The van der Waals surface area contributed by atoms with Gasteiger partial charge in [-0.05, 0) is 68.5 Å². The molecule has 0 aliphatic heterocycles. The molecule has 0 fully saturated rings. The summed E-state index contributed by atoms with van der Waals surface area (Å²) < 4.78 is 7.13. The maximum atomic E-state index is 12.3. The summed E-state index contributed by atoms with van der Waals surface area (Å²) in [5.41, 5.74) is 4.56. The van der Waals surface area contributed by atoms with Crippen molar-refractivity contribution in [3.8, 4) is 16.9 Å². The predicted octanol–water partition coefficient (Wildman–Crippen LogP) is 3.68. The van der Waals surface area contributed by atoms with Crippen molar-refractivity contribution in [2.75, 3.05) is 26.0 Å². The Morgan fingerprint density at radius 2 is 1.79 bits per heavy atom. The van der Waals surface area contributed by atoms with Crippen LogP contribution in [0.15, 0.2) is 66.9 Å². The van der Waals surface area contributed by atoms with Gasteiger partial charge in [-0.2, -0.15) is 4.98 Å². The van der Waals surface area contributed by atoms with E-state index in [0.29, 0.717) is 17.0 Å². The van der Waals surface area contributed by atoms with Crippen LogP contribution in [0.3, 0.4) is 0 Å². The summed E-state index contributed by atoms with van der Waals surface area (Å²) in [6.07, 6.45) is 1.90. The van der Waals surface area contributed by atoms with Crippen LogP contribution in [0.1, 0.15) is 22.8 Å². The first kappa shape index (κ1) is 22.2. The van der Waals surface area contributed by atoms with Crippen LogP contribution < -0.4 is 10.1 Å². The number of fused-ring (bicyclic) bond motifs is 1. The second-order valence-electron chi connectivity index (χ2n) is 7.97. The number of ketones is 1. The molecule has 33 heavy (non-hydrogen) atoms. The van der Waals surface area contributed by atoms with Gasteiger partial charge in [0.25, 0.3) is 5.91 Å². The summed E-state index contributed by atoms with van der Waals surface area (Å²) in [5.74, 6) is 0.299. The van der Waals surface area contributed by atoms with Crippen molar-refractivity contribution in [3.63, 3.8) is 0 Å². The summed E-state index contributed by atoms with van der Waals surface area (Å²) in [7, 11) is 4.08. The number of hydrogen-bond donors (Lipinski definition) is 1. The highest BCUT2D eigenvalue weighted by Crippen LogP contribution is 2.25. The molecule has 0 aliphatic carbocycles. The van der Waals surface area contributed by atoms with E-state index in [-0.39, 0.29) is 24.2 Å². The average molecular weight is 444 g/mol. The van der Waals surface area contributed by atoms with Crippen LogP contribution in [0.5, 0.6) is 5.75 Å². The molecule has 1 amide bonds. The van der Waals surface area contributed by atoms with Crippen LogP contribution in [0.4, 0.5) is 5.95 Å². The molecular formula is C25H25N5O3. The van der Waals surface area contributed by atoms with Crippen molar-refractivity contribution in [2.45, 2.75) is 13.5 Å². The molecule has 0 atom stereocenters. The van der Waals surface area contributed by atoms with Gasteiger partial charge in [-0.15, -0.1) is 5.10 Å². The lowest BCUT2D eigenvalue weighted by Gasteiger charge is -2.14. The molecule has 168 valence electrons. The number of pyridine rings is 1. The SMILES string of the molecule is CC(=O)c1ccc(OCC(=O)Nc2nc3ccc(-c4ccccc4CN(C)C)cn3n2)cc1. The number of carbonyl (C=O) groups excluding carboxylic acids is 2. The Morgan fingerprint density at radius 1 is 1.03 bits per heavy atom. The van der Waals surface area contributed by atoms with Gasteiger partial charge in [0.1, 0.15) is 5.75 Å². The molecule has 0 saturated carbocycles. The number of aromatic nitrogens is 3. The molecule has 8 heteroatoms. The van der Waals surface area contributed by atoms with E-state index < -0.39 is 0 Å². The second-order valence-corrected chi connectivity index (χ2v) is 7.97. The van der Waals surface area contributed by atoms with E-state index in [4.69, 9.17) is 4.74 Å². The fourth-order valence-corrected chi connectivity index (χ4v) is 3.47. The van der Waals surface area contributed by atoms with Gasteiger partial charge in [0.2, 0.25) is 5.95 Å². The lowest BCUT2D eigenvalue weighted by atomic mass is 10.0. The first-order valence-corrected chi connectivity index (χ1v) is 10.5. The molecule has 0 aliphatic rings. The number of rotatable bonds is 8. The van der Waals surface area contributed by atoms with Crippen LogP contribution in [-0.2, 0) is 11.3 Å². The Bertz CT molecular complexity index is 1300. The topological polar surface area (TPSA) is 88.8 Å². The lowest BCUT2D eigenvalue weighted by molar-refractivity contribution is -0.118. The monoisotopic (exact) mass is 443 g/mol. The van der Waals surface area contributed by atoms with Gasteiger partial charge < -0.3 is 9.64 Å². The number of anilines is 1. The number of hydrogen-bond acceptors (Lipinski definition) is 6. The van der Waals surface area contributed by atoms with E-state index in [9.17, 15) is 9.59 Å². The highest BCUT2D eigenvalue weighted by molar-refractivity contribution is 5.94. The van der Waals surface area contributed by atoms with Crippen molar-refractivity contribution in [1.82, 2.24) is 19.5 Å². The summed E-state index contributed by atoms with van der Waals surface area (Å²) in [6.45, 7) is 2.12. The van der Waals surface area contributed by atoms with Gasteiger partial charge in [-0.25, -0.2) is 4.52 Å². The highest BCUT2D eigenvalue weighted by Gasteiger charge is 2.11. The van der Waals surface area contributed by atoms with E-state index in [1.54, 1.807) is 28.8 Å². The summed E-state index contributed by atoms with van der Waals surface area (Å²) in [4.78, 5) is 30.1. The second kappa shape index (κ2) is 9.62. The average Bonchev–Trinajstić information content (AvgIpc) is 3.19. The minimum Gasteiger partial charge on any atom is -0.484 e. The van der Waals surface area contributed by atoms with Crippen molar-refractivity contribution in [1.29, 1.82) is 0 Å². The molecule has 0 saturated heterocycles. The normalized spacial score (nSPS) is 11.0. The van der Waals surface area contributed by atoms with E-state index in [2.05, 4.69) is 32.4 Å². The number of carbonyl (C=O) groups is 2. The molecule has 4 rings (SSSR count). The Morgan fingerprint density at radius 3 is 2.52 bits per heavy atom. The van der Waals surface area contributed by atoms with Gasteiger partial charge in [0, 0.05) is 23.9 Å². The first-order valence-electron chi connectivity index (χ1n) is 10.5. The van der Waals surface area contributed by atoms with Crippen molar-refractivity contribution in [2.24, 2.45) is 0 Å². The van der Waals surface area contributed by atoms with Gasteiger partial charge in [0.05, 0.1) is 0 Å². The summed E-state index contributed by atoms with van der Waals surface area (Å²) >= 11 is 0. The van der Waals surface area contributed by atoms with E-state index >= 15 is 0 Å². The third-order valence-electron chi connectivity index (χ3n) is 5.03. The fourth-order valence-electron chi connectivity index (χ4n) is 3.47. The zero-order valence-electron chi connectivity index (χ0n) is 18.8. The highest BCUT2D eigenvalue weighted by atomic mass is 16.5. The number of nitrogens with zero attached hydrogens (tertiary/aromatic N) is 4. The molecule has 2 aromatic heterocycles. The number of ether oxygens (including phenoxy) is 1. The third-order valence-corrected chi connectivity index (χ3v) is 5.03. The molecule has 4 aromatic rings. The largest absolute Gasteiger partial charge is 0.484 e. The van der Waals surface area contributed by atoms with Crippen molar-refractivity contribution in [3.05, 3.63) is 78.0 Å². The molecule has 0 radical (unpaired) electrons. The number of benzene rings is 2. The Hall–Kier alpha value is -4.04. The summed E-state index contributed by atoms with van der Waals surface area (Å²) in [5, 5.41) is 7.05. The molecule has 2 heterocycles. The molecule has 8 nitrogen and oxygen atoms in total. The minimum absolute atomic E-state index is 0.0263. The van der Waals surface area contributed by atoms with E-state index in [0.717, 1.165) is 17.7 Å². The molecule has 1 N–H and O–H groups in total. The molecular weight excluding hydrogens is 418 g/mol. The maximum absolute atomic E-state index is 12.3. The number of amides is 1. The predicted molar refractivity (Wildman–Crippen MR) is 126 cm³/mol. The lowest BCUT2D eigenvalue weighted by Crippen LogP contribution is -2.20. The third kappa shape index (κ3) is 5.42. The molecule has 0 spiro atoms. The Balaban J connectivity index is 1.44. The first-order chi connectivity index (χ1) is 15.9. The standard InChI is InChI=1S/C25H25N5O3/c1-17(31)18-8-11-21(12-9-18)33-16-24(32)27-25-26-23-13-10-20(15-30(23)28-25)22-7-5-4-6-19(22)14-29(2)3/h4-13,15H,14,16H2,1-3H3,(H,27,28,32). The number of nitrogens with one attached hydrogen (secondary N) is 1. The van der Waals surface area contributed by atoms with E-state index in [1.165, 1.54) is 12.5 Å². The maximum Gasteiger partial charge on any atom is 0.264 e. The van der Waals surface area contributed by atoms with E-state index in [1.807, 2.05) is 44.6 Å². The van der Waals surface area contributed by atoms with Crippen LogP contribution in [0.25, 0.3) is 16.8 Å². The quantitative estimate of drug-likeness (QED) is 0.418. The molecule has 0 bridgehead atoms. The number of Topliss-reactive ketones (excluding diaryl/α,β-unsaturated/α-hetero) is 1. The minimum atomic E-state index is -0.377. The van der Waals surface area contributed by atoms with Gasteiger partial charge in [-0.1, -0.05) is 24.3 Å².